The predicted molar refractivity (Wildman–Crippen MR) is 315 cm³/mol. The van der Waals surface area contributed by atoms with Crippen LogP contribution >= 0.6 is 0 Å². The Kier molecular flexibility index (Phi) is 20.3. The molecule has 462 valence electrons. The summed E-state index contributed by atoms with van der Waals surface area (Å²) in [5.41, 5.74) is 4.57. The molecule has 0 aromatic heterocycles. The van der Waals surface area contributed by atoms with Crippen molar-refractivity contribution in [2.75, 3.05) is 32.7 Å². The Morgan fingerprint density at radius 1 is 0.612 bits per heavy atom. The summed E-state index contributed by atoms with van der Waals surface area (Å²) >= 11 is 0. The highest BCUT2D eigenvalue weighted by Gasteiger charge is 2.48. The number of nitrogens with zero attached hydrogens (tertiary/aromatic N) is 4. The second-order valence-corrected chi connectivity index (χ2v) is 25.1. The van der Waals surface area contributed by atoms with Gasteiger partial charge in [0.15, 0.2) is 0 Å². The van der Waals surface area contributed by atoms with Crippen LogP contribution in [0, 0.1) is 11.8 Å². The van der Waals surface area contributed by atoms with E-state index in [1.54, 1.807) is 11.8 Å². The fraction of sp³-hybridized carbons (Fsp3) is 0.585. The Balaban J connectivity index is 1.02. The first kappa shape index (κ1) is 63.8. The zero-order valence-corrected chi connectivity index (χ0v) is 50.6. The number of carboxylic acids is 3. The van der Waals surface area contributed by atoms with E-state index in [0.29, 0.717) is 53.7 Å². The van der Waals surface area contributed by atoms with Crippen LogP contribution in [0.25, 0.3) is 0 Å². The number of fused-ring (bicyclic) bond motifs is 6. The normalized spacial score (nSPS) is 22.8. The number of carbonyl (C=O) groups excluding carboxylic acids is 4. The molecule has 5 atom stereocenters. The number of benzene rings is 2. The monoisotopic (exact) mass is 1180 g/mol. The highest BCUT2D eigenvalue weighted by atomic mass is 16.6. The molecule has 8 rings (SSSR count). The van der Waals surface area contributed by atoms with Crippen molar-refractivity contribution in [2.45, 2.75) is 201 Å². The SMILES string of the molecule is CC(C)=CCC/C(C)=C/CC[C@@]1(C)Oc2c(c(OC(=O)N3CCC(C(=O)O)CC3)cc3c2CN(CCC[C@@H](C(=O)O)N2Cc4c(cc(OC(=O)N5CCC(C(=O)O)CC5)c5c4O[C@](C)(CC/C=C(\C)CCC=C(C)C)[C@@H](O)C5)C2=O)C3=O)C[C@@H]1O. The number of aliphatic hydroxyl groups is 2. The minimum absolute atomic E-state index is 0.00547. The third-order valence-corrected chi connectivity index (χ3v) is 18.1. The maximum absolute atomic E-state index is 14.7. The number of rotatable bonds is 22. The van der Waals surface area contributed by atoms with Gasteiger partial charge >= 0.3 is 30.1 Å². The zero-order valence-electron chi connectivity index (χ0n) is 50.6. The first-order chi connectivity index (χ1) is 40.3. The molecule has 20 heteroatoms. The summed E-state index contributed by atoms with van der Waals surface area (Å²) < 4.78 is 25.6. The molecule has 2 fully saturated rings. The van der Waals surface area contributed by atoms with Crippen LogP contribution in [0.15, 0.2) is 58.7 Å². The number of aliphatic carboxylic acids is 3. The van der Waals surface area contributed by atoms with Crippen molar-refractivity contribution >= 4 is 41.9 Å². The number of allylic oxidation sites excluding steroid dienone is 8. The summed E-state index contributed by atoms with van der Waals surface area (Å²) in [6.07, 6.45) is 11.7. The fourth-order valence-electron chi connectivity index (χ4n) is 12.5. The highest BCUT2D eigenvalue weighted by Crippen LogP contribution is 2.49. The van der Waals surface area contributed by atoms with Crippen molar-refractivity contribution in [1.82, 2.24) is 19.6 Å². The van der Waals surface area contributed by atoms with Crippen LogP contribution in [-0.2, 0) is 40.3 Å². The van der Waals surface area contributed by atoms with E-state index in [0.717, 1.165) is 25.7 Å². The van der Waals surface area contributed by atoms with Gasteiger partial charge in [-0.2, -0.15) is 0 Å². The average Bonchev–Trinajstić information content (AvgIpc) is 2.08. The van der Waals surface area contributed by atoms with E-state index in [9.17, 15) is 59.1 Å². The molecular weight excluding hydrogens is 1090 g/mol. The molecule has 0 aliphatic carbocycles. The molecule has 0 unspecified atom stereocenters. The van der Waals surface area contributed by atoms with E-state index in [4.69, 9.17) is 18.9 Å². The van der Waals surface area contributed by atoms with Crippen molar-refractivity contribution in [2.24, 2.45) is 11.8 Å². The molecule has 2 aromatic rings. The first-order valence-corrected chi connectivity index (χ1v) is 30.2. The third kappa shape index (κ3) is 14.7. The van der Waals surface area contributed by atoms with Crippen LogP contribution < -0.4 is 18.9 Å². The number of hydrogen-bond acceptors (Lipinski definition) is 13. The van der Waals surface area contributed by atoms with Gasteiger partial charge in [-0.25, -0.2) is 14.4 Å². The van der Waals surface area contributed by atoms with Crippen LogP contribution in [0.1, 0.15) is 188 Å². The summed E-state index contributed by atoms with van der Waals surface area (Å²) in [6.45, 7) is 16.5. The Bertz CT molecular complexity index is 3050. The quantitative estimate of drug-likeness (QED) is 0.0686. The summed E-state index contributed by atoms with van der Waals surface area (Å²) in [5, 5.41) is 53.6. The van der Waals surface area contributed by atoms with E-state index in [-0.39, 0.29) is 126 Å². The van der Waals surface area contributed by atoms with Crippen molar-refractivity contribution in [3.63, 3.8) is 0 Å². The maximum atomic E-state index is 14.7. The van der Waals surface area contributed by atoms with E-state index in [1.165, 1.54) is 49.1 Å². The Morgan fingerprint density at radius 2 is 1.04 bits per heavy atom. The largest absolute Gasteiger partial charge is 0.484 e. The van der Waals surface area contributed by atoms with Gasteiger partial charge in [0.2, 0.25) is 0 Å². The number of carboxylic acid groups (broad SMARTS) is 3. The zero-order chi connectivity index (χ0) is 61.7. The number of aliphatic hydroxyl groups excluding tert-OH is 2. The molecule has 0 saturated carbocycles. The molecule has 2 aromatic carbocycles. The van der Waals surface area contributed by atoms with Gasteiger partial charge in [-0.3, -0.25) is 19.2 Å². The lowest BCUT2D eigenvalue weighted by Gasteiger charge is -2.41. The van der Waals surface area contributed by atoms with Crippen LogP contribution in [0.2, 0.25) is 0 Å². The maximum Gasteiger partial charge on any atom is 0.415 e. The van der Waals surface area contributed by atoms with E-state index >= 15 is 0 Å². The Hall–Kier alpha value is -7.19. The predicted octanol–water partition coefficient (Wildman–Crippen LogP) is 10.2. The van der Waals surface area contributed by atoms with Gasteiger partial charge < -0.3 is 64.1 Å². The lowest BCUT2D eigenvalue weighted by Crippen LogP contribution is -2.49. The van der Waals surface area contributed by atoms with Gasteiger partial charge in [0.1, 0.15) is 40.2 Å². The van der Waals surface area contributed by atoms with Gasteiger partial charge in [-0.15, -0.1) is 0 Å². The van der Waals surface area contributed by atoms with E-state index in [2.05, 4.69) is 65.8 Å². The summed E-state index contributed by atoms with van der Waals surface area (Å²) in [7, 11) is 0. The first-order valence-electron chi connectivity index (χ1n) is 30.2. The minimum Gasteiger partial charge on any atom is -0.484 e. The number of amides is 4. The van der Waals surface area contributed by atoms with Gasteiger partial charge in [-0.05, 0) is 157 Å². The highest BCUT2D eigenvalue weighted by molar-refractivity contribution is 6.02. The number of hydrogen-bond donors (Lipinski definition) is 5. The molecule has 6 aliphatic heterocycles. The average molecular weight is 1180 g/mol. The van der Waals surface area contributed by atoms with Crippen LogP contribution in [0.4, 0.5) is 9.59 Å². The molecule has 6 heterocycles. The standard InChI is InChI=1S/C65H86N4O16/c1-38(2)14-9-16-40(5)18-11-25-64(7)53(70)34-46-51(82-62(80)66-28-21-42(22-29-66)59(74)75)32-44-48(55(46)84-64)36-68(57(44)72)27-13-20-50(61(78)79)69-37-49-45(58(69)73)33-52(83-63(81)67-30-23-43(24-31-67)60(76)77)47-35-54(71)65(8,85-56(47)49)26-12-19-41(6)17-10-15-39(3)4/h14-15,18-19,32-33,42-43,50,53-54,70-71H,9-13,16-17,20-31,34-37H2,1-8H3,(H,74,75)(H,76,77)(H,78,79)/b40-18+,41-19+/t50-,53-,54-,64+,65+/m0/s1. The van der Waals surface area contributed by atoms with Crippen molar-refractivity contribution in [1.29, 1.82) is 0 Å². The Labute approximate surface area is 498 Å². The second kappa shape index (κ2) is 27.0. The lowest BCUT2D eigenvalue weighted by molar-refractivity contribution is -0.144. The number of piperidine rings is 2. The van der Waals surface area contributed by atoms with Crippen LogP contribution in [0.3, 0.4) is 0 Å². The van der Waals surface area contributed by atoms with Gasteiger partial charge in [0.25, 0.3) is 11.8 Å². The molecule has 20 nitrogen and oxygen atoms in total. The fourth-order valence-corrected chi connectivity index (χ4v) is 12.5. The third-order valence-electron chi connectivity index (χ3n) is 18.1. The summed E-state index contributed by atoms with van der Waals surface area (Å²) in [6, 6.07) is 1.51. The van der Waals surface area contributed by atoms with Crippen molar-refractivity contribution < 1.29 is 78.0 Å². The number of ether oxygens (including phenoxy) is 4. The van der Waals surface area contributed by atoms with Gasteiger partial charge in [0, 0.05) is 67.8 Å². The number of likely N-dealkylation sites (tertiary alicyclic amines) is 2. The molecular formula is C65H86N4O16. The molecule has 0 bridgehead atoms. The smallest absolute Gasteiger partial charge is 0.415 e. The van der Waals surface area contributed by atoms with Crippen LogP contribution in [0.5, 0.6) is 23.0 Å². The lowest BCUT2D eigenvalue weighted by atomic mass is 9.84. The van der Waals surface area contributed by atoms with E-state index in [1.807, 2.05) is 6.92 Å². The topological polar surface area (TPSA) is 271 Å². The van der Waals surface area contributed by atoms with Gasteiger partial charge in [-0.1, -0.05) is 46.6 Å². The van der Waals surface area contributed by atoms with Crippen LogP contribution in [-0.4, -0.2) is 149 Å². The summed E-state index contributed by atoms with van der Waals surface area (Å²) in [4.78, 5) is 99.1. The molecule has 2 saturated heterocycles. The van der Waals surface area contributed by atoms with Gasteiger partial charge in [0.05, 0.1) is 48.3 Å². The minimum atomic E-state index is -1.38. The molecule has 5 N–H and O–H groups in total. The van der Waals surface area contributed by atoms with E-state index < -0.39 is 83.2 Å². The molecule has 4 amide bonds. The molecule has 6 aliphatic rings. The molecule has 0 spiro atoms. The molecule has 0 radical (unpaired) electrons. The molecule has 85 heavy (non-hydrogen) atoms. The van der Waals surface area contributed by atoms with Crippen molar-refractivity contribution in [3.8, 4) is 23.0 Å². The summed E-state index contributed by atoms with van der Waals surface area (Å²) in [5.74, 6) is -4.85. The second-order valence-electron chi connectivity index (χ2n) is 25.1. The van der Waals surface area contributed by atoms with Crippen molar-refractivity contribution in [3.05, 3.63) is 92.1 Å². The Morgan fingerprint density at radius 3 is 1.45 bits per heavy atom. The number of carbonyl (C=O) groups is 7.